The molecule has 1 atom stereocenters. The number of aromatic nitrogens is 3. The van der Waals surface area contributed by atoms with Crippen LogP contribution in [0.1, 0.15) is 17.0 Å². The molecule has 1 fully saturated rings. The summed E-state index contributed by atoms with van der Waals surface area (Å²) in [6.07, 6.45) is 4.68. The van der Waals surface area contributed by atoms with E-state index in [-0.39, 0.29) is 5.75 Å². The summed E-state index contributed by atoms with van der Waals surface area (Å²) in [5.41, 5.74) is 7.54. The molecule has 2 aromatic carbocycles. The second kappa shape index (κ2) is 7.59. The van der Waals surface area contributed by atoms with E-state index in [1.165, 1.54) is 12.3 Å². The number of ether oxygens (including phenoxy) is 2. The first-order valence-electron chi connectivity index (χ1n) is 11.5. The van der Waals surface area contributed by atoms with Crippen molar-refractivity contribution >= 4 is 17.8 Å². The first-order valence-corrected chi connectivity index (χ1v) is 11.5. The quantitative estimate of drug-likeness (QED) is 0.432. The summed E-state index contributed by atoms with van der Waals surface area (Å²) >= 11 is 0. The van der Waals surface area contributed by atoms with Crippen LogP contribution in [0.4, 0.5) is 20.3 Å². The second-order valence-corrected chi connectivity index (χ2v) is 8.91. The summed E-state index contributed by atoms with van der Waals surface area (Å²) < 4.78 is 43.6. The number of fused-ring (bicyclic) bond motifs is 6. The number of pyridine rings is 1. The Hall–Kier alpha value is -4.31. The fourth-order valence-electron chi connectivity index (χ4n) is 5.24. The lowest BCUT2D eigenvalue weighted by Crippen LogP contribution is -2.37. The highest BCUT2D eigenvalue weighted by Gasteiger charge is 2.50. The lowest BCUT2D eigenvalue weighted by molar-refractivity contribution is 0.122. The summed E-state index contributed by atoms with van der Waals surface area (Å²) in [6, 6.07) is 11.9. The summed E-state index contributed by atoms with van der Waals surface area (Å²) in [4.78, 5) is 15.3. The molecule has 36 heavy (non-hydrogen) atoms. The zero-order valence-electron chi connectivity index (χ0n) is 19.0. The molecule has 7 rings (SSSR count). The number of nitrogens with zero attached hydrogens (tertiary/aromatic N) is 5. The van der Waals surface area contributed by atoms with Crippen LogP contribution in [0.3, 0.4) is 0 Å². The van der Waals surface area contributed by atoms with Gasteiger partial charge in [-0.25, -0.2) is 14.4 Å². The molecule has 1 saturated heterocycles. The normalized spacial score (nSPS) is 19.7. The fourth-order valence-corrected chi connectivity index (χ4v) is 5.24. The van der Waals surface area contributed by atoms with E-state index in [9.17, 15) is 4.39 Å². The topological polar surface area (TPSA) is 90.8 Å². The van der Waals surface area contributed by atoms with Gasteiger partial charge in [-0.1, -0.05) is 6.07 Å². The molecule has 2 N–H and O–H groups in total. The van der Waals surface area contributed by atoms with Crippen LogP contribution in [0.25, 0.3) is 11.1 Å². The molecule has 0 bridgehead atoms. The third kappa shape index (κ3) is 2.91. The summed E-state index contributed by atoms with van der Waals surface area (Å²) in [5.74, 6) is 0.199. The van der Waals surface area contributed by atoms with E-state index in [1.807, 2.05) is 6.07 Å². The van der Waals surface area contributed by atoms with E-state index in [4.69, 9.17) is 20.2 Å². The van der Waals surface area contributed by atoms with Crippen LogP contribution in [0.2, 0.25) is 0 Å². The summed E-state index contributed by atoms with van der Waals surface area (Å²) in [7, 11) is 0. The highest BCUT2D eigenvalue weighted by atomic mass is 19.1. The van der Waals surface area contributed by atoms with Crippen molar-refractivity contribution in [3.8, 4) is 22.6 Å². The third-order valence-electron chi connectivity index (χ3n) is 6.90. The standard InChI is InChI=1S/C26H20F2N6O2/c27-20-12-16(33-6-8-35-9-7-33)11-19-23(20)36-21-4-3-15(17-2-1-5-30-24(17)28)10-18(21)26(19)25-32-22(29)13-34(25)14-31-26/h1-5,10-14H,6-9,29H2/t26-/m0/s1. The van der Waals surface area contributed by atoms with Crippen molar-refractivity contribution in [1.82, 2.24) is 14.5 Å². The van der Waals surface area contributed by atoms with Gasteiger partial charge in [-0.2, -0.15) is 4.39 Å². The molecule has 0 radical (unpaired) electrons. The highest BCUT2D eigenvalue weighted by molar-refractivity contribution is 5.77. The van der Waals surface area contributed by atoms with Crippen LogP contribution in [-0.4, -0.2) is 47.2 Å². The largest absolute Gasteiger partial charge is 0.453 e. The van der Waals surface area contributed by atoms with Gasteiger partial charge in [-0.15, -0.1) is 0 Å². The van der Waals surface area contributed by atoms with Gasteiger partial charge in [0.05, 0.1) is 25.7 Å². The van der Waals surface area contributed by atoms with E-state index in [0.717, 1.165) is 0 Å². The Bertz CT molecular complexity index is 1560. The van der Waals surface area contributed by atoms with E-state index >= 15 is 4.39 Å². The van der Waals surface area contributed by atoms with Gasteiger partial charge in [0.15, 0.2) is 22.9 Å². The third-order valence-corrected chi connectivity index (χ3v) is 6.90. The number of nitrogens with two attached hydrogens (primary N) is 1. The van der Waals surface area contributed by atoms with Crippen LogP contribution >= 0.6 is 0 Å². The number of aliphatic imine (C=N–C) groups is 1. The first kappa shape index (κ1) is 21.0. The number of benzene rings is 2. The van der Waals surface area contributed by atoms with Gasteiger partial charge in [0.25, 0.3) is 0 Å². The molecule has 180 valence electrons. The molecule has 3 aliphatic heterocycles. The molecule has 3 aliphatic rings. The Morgan fingerprint density at radius 2 is 1.89 bits per heavy atom. The van der Waals surface area contributed by atoms with Crippen molar-refractivity contribution in [3.63, 3.8) is 0 Å². The van der Waals surface area contributed by atoms with Gasteiger partial charge < -0.3 is 20.1 Å². The summed E-state index contributed by atoms with van der Waals surface area (Å²) in [6.45, 7) is 2.39. The fraction of sp³-hybridized carbons (Fsp3) is 0.192. The molecular formula is C26H20F2N6O2. The minimum Gasteiger partial charge on any atom is -0.453 e. The van der Waals surface area contributed by atoms with Crippen molar-refractivity contribution in [2.24, 2.45) is 4.99 Å². The average molecular weight is 486 g/mol. The lowest BCUT2D eigenvalue weighted by Gasteiger charge is -2.36. The Balaban J connectivity index is 1.49. The number of nitrogen functional groups attached to an aromatic ring is 1. The Morgan fingerprint density at radius 3 is 2.72 bits per heavy atom. The van der Waals surface area contributed by atoms with Crippen LogP contribution in [0, 0.1) is 11.8 Å². The SMILES string of the molecule is Nc1cn2c(n1)[C@]1(N=C2)c2cc(-c3cccnc3F)ccc2Oc2c(F)cc(N3CCOCC3)cc21. The second-order valence-electron chi connectivity index (χ2n) is 8.91. The number of hydrogen-bond acceptors (Lipinski definition) is 7. The molecule has 0 aliphatic carbocycles. The number of rotatable bonds is 2. The Morgan fingerprint density at radius 1 is 1.03 bits per heavy atom. The van der Waals surface area contributed by atoms with E-state index in [1.54, 1.807) is 47.4 Å². The number of hydrogen-bond donors (Lipinski definition) is 1. The minimum absolute atomic E-state index is 0.0759. The van der Waals surface area contributed by atoms with Crippen LogP contribution in [0.15, 0.2) is 59.9 Å². The summed E-state index contributed by atoms with van der Waals surface area (Å²) in [5, 5.41) is 0. The number of halogens is 2. The zero-order chi connectivity index (χ0) is 24.4. The lowest BCUT2D eigenvalue weighted by atomic mass is 9.79. The molecule has 10 heteroatoms. The van der Waals surface area contributed by atoms with Gasteiger partial charge in [0, 0.05) is 47.7 Å². The zero-order valence-corrected chi connectivity index (χ0v) is 19.0. The molecule has 0 saturated carbocycles. The number of anilines is 2. The van der Waals surface area contributed by atoms with Crippen molar-refractivity contribution in [2.75, 3.05) is 36.9 Å². The van der Waals surface area contributed by atoms with Crippen molar-refractivity contribution in [3.05, 3.63) is 83.6 Å². The van der Waals surface area contributed by atoms with Gasteiger partial charge in [0.2, 0.25) is 5.95 Å². The molecule has 0 unspecified atom stereocenters. The van der Waals surface area contributed by atoms with Gasteiger partial charge in [0.1, 0.15) is 11.6 Å². The molecule has 5 heterocycles. The van der Waals surface area contributed by atoms with E-state index in [0.29, 0.717) is 71.6 Å². The molecule has 2 aromatic heterocycles. The Kier molecular flexibility index (Phi) is 4.43. The Labute approximate surface area is 204 Å². The van der Waals surface area contributed by atoms with Crippen molar-refractivity contribution in [1.29, 1.82) is 0 Å². The highest BCUT2D eigenvalue weighted by Crippen LogP contribution is 2.55. The van der Waals surface area contributed by atoms with Crippen LogP contribution < -0.4 is 15.4 Å². The minimum atomic E-state index is -1.24. The van der Waals surface area contributed by atoms with Crippen molar-refractivity contribution < 1.29 is 18.3 Å². The average Bonchev–Trinajstić information content (AvgIpc) is 3.44. The maximum Gasteiger partial charge on any atom is 0.220 e. The predicted octanol–water partition coefficient (Wildman–Crippen LogP) is 3.93. The first-order chi connectivity index (χ1) is 17.5. The van der Waals surface area contributed by atoms with Crippen LogP contribution in [-0.2, 0) is 10.3 Å². The number of morpholine rings is 1. The maximum atomic E-state index is 15.7. The van der Waals surface area contributed by atoms with Crippen molar-refractivity contribution in [2.45, 2.75) is 5.54 Å². The molecule has 8 nitrogen and oxygen atoms in total. The molecule has 1 spiro atoms. The monoisotopic (exact) mass is 486 g/mol. The molecule has 0 amide bonds. The molecule has 4 aromatic rings. The maximum absolute atomic E-state index is 15.7. The van der Waals surface area contributed by atoms with E-state index < -0.39 is 17.3 Å². The molecular weight excluding hydrogens is 466 g/mol. The van der Waals surface area contributed by atoms with Gasteiger partial charge >= 0.3 is 0 Å². The van der Waals surface area contributed by atoms with Crippen LogP contribution in [0.5, 0.6) is 11.5 Å². The van der Waals surface area contributed by atoms with E-state index in [2.05, 4.69) is 14.9 Å². The smallest absolute Gasteiger partial charge is 0.220 e. The van der Waals surface area contributed by atoms with Gasteiger partial charge in [-0.3, -0.25) is 9.56 Å². The van der Waals surface area contributed by atoms with Gasteiger partial charge in [-0.05, 0) is 35.9 Å². The number of imidazole rings is 1. The predicted molar refractivity (Wildman–Crippen MR) is 130 cm³/mol.